The molecule has 0 unspecified atom stereocenters. The average Bonchev–Trinajstić information content (AvgIpc) is 1.80. The van der Waals surface area contributed by atoms with Crippen LogP contribution in [0.1, 0.15) is 0 Å². The van der Waals surface area contributed by atoms with E-state index in [2.05, 4.69) is 0 Å². The van der Waals surface area contributed by atoms with Gasteiger partial charge in [-0.15, -0.1) is 0 Å². The van der Waals surface area contributed by atoms with Crippen LogP contribution < -0.4 is 0 Å². The van der Waals surface area contributed by atoms with Crippen LogP contribution in [0.5, 0.6) is 5.75 Å². The molecule has 1 rings (SSSR count). The van der Waals surface area contributed by atoms with E-state index in [1.807, 2.05) is 7.05 Å². The van der Waals surface area contributed by atoms with E-state index >= 15 is 0 Å². The van der Waals surface area contributed by atoms with Crippen LogP contribution in [0.2, 0.25) is 0 Å². The number of hydrogen-bond acceptors (Lipinski definition) is 2. The molecule has 3 heteroatoms. The molecule has 0 aliphatic rings. The van der Waals surface area contributed by atoms with Crippen molar-refractivity contribution >= 4 is 12.2 Å². The van der Waals surface area contributed by atoms with Crippen LogP contribution in [0.3, 0.4) is 0 Å². The molecule has 1 aromatic rings. The molecular weight excluding hydrogens is 134 g/mol. The third-order valence-corrected chi connectivity index (χ3v) is 1.38. The molecule has 1 aromatic heterocycles. The van der Waals surface area contributed by atoms with Crippen molar-refractivity contribution in [1.29, 1.82) is 0 Å². The number of aromatic nitrogens is 1. The SMILES string of the molecule is Cn1ccc(=S)c(O)c1. The highest BCUT2D eigenvalue weighted by atomic mass is 32.1. The summed E-state index contributed by atoms with van der Waals surface area (Å²) in [6.07, 6.45) is 3.37. The topological polar surface area (TPSA) is 25.2 Å². The fourth-order valence-corrected chi connectivity index (χ4v) is 0.684. The van der Waals surface area contributed by atoms with Crippen LogP contribution in [-0.2, 0) is 7.05 Å². The van der Waals surface area contributed by atoms with Gasteiger partial charge in [-0.1, -0.05) is 12.2 Å². The van der Waals surface area contributed by atoms with Gasteiger partial charge in [-0.2, -0.15) is 0 Å². The third-order valence-electron chi connectivity index (χ3n) is 1.04. The number of hydrogen-bond donors (Lipinski definition) is 1. The van der Waals surface area contributed by atoms with Gasteiger partial charge in [0.05, 0.1) is 4.51 Å². The lowest BCUT2D eigenvalue weighted by atomic mass is 10.4. The molecule has 0 atom stereocenters. The van der Waals surface area contributed by atoms with Crippen molar-refractivity contribution < 1.29 is 5.11 Å². The number of rotatable bonds is 0. The molecule has 0 aliphatic heterocycles. The second kappa shape index (κ2) is 2.19. The predicted octanol–water partition coefficient (Wildman–Crippen LogP) is 1.46. The minimum absolute atomic E-state index is 0.162. The zero-order chi connectivity index (χ0) is 6.85. The summed E-state index contributed by atoms with van der Waals surface area (Å²) in [4.78, 5) is 0. The molecule has 1 heterocycles. The minimum atomic E-state index is 0.162. The Bertz CT molecular complexity index is 266. The molecule has 0 fully saturated rings. The van der Waals surface area contributed by atoms with Crippen molar-refractivity contribution in [3.63, 3.8) is 0 Å². The highest BCUT2D eigenvalue weighted by Crippen LogP contribution is 2.07. The lowest BCUT2D eigenvalue weighted by molar-refractivity contribution is 0.467. The minimum Gasteiger partial charge on any atom is -0.505 e. The first-order valence-electron chi connectivity index (χ1n) is 2.55. The van der Waals surface area contributed by atoms with E-state index in [9.17, 15) is 0 Å². The normalized spacial score (nSPS) is 9.44. The Morgan fingerprint density at radius 3 is 2.78 bits per heavy atom. The molecule has 9 heavy (non-hydrogen) atoms. The quantitative estimate of drug-likeness (QED) is 0.553. The molecule has 2 nitrogen and oxygen atoms in total. The molecular formula is C6H7NOS. The number of aryl methyl sites for hydroxylation is 1. The number of pyridine rings is 1. The summed E-state index contributed by atoms with van der Waals surface area (Å²) in [7, 11) is 1.83. The first-order valence-corrected chi connectivity index (χ1v) is 2.96. The molecule has 0 radical (unpaired) electrons. The zero-order valence-corrected chi connectivity index (χ0v) is 5.85. The Balaban J connectivity index is 3.34. The maximum atomic E-state index is 8.98. The van der Waals surface area contributed by atoms with Crippen molar-refractivity contribution in [2.45, 2.75) is 0 Å². The van der Waals surface area contributed by atoms with Gasteiger partial charge in [0.25, 0.3) is 0 Å². The lowest BCUT2D eigenvalue weighted by Crippen LogP contribution is -1.85. The summed E-state index contributed by atoms with van der Waals surface area (Å²) in [5.74, 6) is 0.162. The zero-order valence-electron chi connectivity index (χ0n) is 5.03. The van der Waals surface area contributed by atoms with E-state index in [0.717, 1.165) is 0 Å². The van der Waals surface area contributed by atoms with Gasteiger partial charge in [0.1, 0.15) is 5.75 Å². The Kier molecular flexibility index (Phi) is 1.53. The molecule has 0 spiro atoms. The second-order valence-corrected chi connectivity index (χ2v) is 2.30. The molecule has 0 bridgehead atoms. The summed E-state index contributed by atoms with van der Waals surface area (Å²) in [5.41, 5.74) is 0. The van der Waals surface area contributed by atoms with Crippen molar-refractivity contribution in [3.8, 4) is 5.75 Å². The van der Waals surface area contributed by atoms with Gasteiger partial charge in [0.2, 0.25) is 0 Å². The fourth-order valence-electron chi connectivity index (χ4n) is 0.570. The molecule has 0 saturated carbocycles. The summed E-state index contributed by atoms with van der Waals surface area (Å²) >= 11 is 4.75. The highest BCUT2D eigenvalue weighted by Gasteiger charge is 1.87. The summed E-state index contributed by atoms with van der Waals surface area (Å²) in [6.45, 7) is 0. The molecule has 0 amide bonds. The molecule has 48 valence electrons. The van der Waals surface area contributed by atoms with Crippen LogP contribution >= 0.6 is 12.2 Å². The average molecular weight is 141 g/mol. The van der Waals surface area contributed by atoms with Gasteiger partial charge in [-0.25, -0.2) is 0 Å². The van der Waals surface area contributed by atoms with Crippen LogP contribution in [0.15, 0.2) is 18.5 Å². The third kappa shape index (κ3) is 1.29. The number of aromatic hydroxyl groups is 1. The van der Waals surface area contributed by atoms with Crippen molar-refractivity contribution in [2.75, 3.05) is 0 Å². The highest BCUT2D eigenvalue weighted by molar-refractivity contribution is 7.71. The Morgan fingerprint density at radius 2 is 2.33 bits per heavy atom. The molecule has 0 aromatic carbocycles. The maximum Gasteiger partial charge on any atom is 0.149 e. The molecule has 1 N–H and O–H groups in total. The van der Waals surface area contributed by atoms with Crippen LogP contribution in [0.4, 0.5) is 0 Å². The van der Waals surface area contributed by atoms with E-state index in [0.29, 0.717) is 4.51 Å². The van der Waals surface area contributed by atoms with Gasteiger partial charge in [-0.05, 0) is 6.07 Å². The van der Waals surface area contributed by atoms with Crippen molar-refractivity contribution in [3.05, 3.63) is 23.0 Å². The Morgan fingerprint density at radius 1 is 1.67 bits per heavy atom. The van der Waals surface area contributed by atoms with Crippen LogP contribution in [-0.4, -0.2) is 9.67 Å². The monoisotopic (exact) mass is 141 g/mol. The van der Waals surface area contributed by atoms with E-state index in [1.165, 1.54) is 0 Å². The standard InChI is InChI=1S/C6H7NOS/c1-7-3-2-6(9)5(8)4-7/h2-4,8H,1H3. The van der Waals surface area contributed by atoms with Crippen LogP contribution in [0, 0.1) is 4.51 Å². The van der Waals surface area contributed by atoms with Gasteiger partial charge < -0.3 is 9.67 Å². The van der Waals surface area contributed by atoms with Gasteiger partial charge in [0.15, 0.2) is 0 Å². The fraction of sp³-hybridized carbons (Fsp3) is 0.167. The Labute approximate surface area is 58.4 Å². The Hall–Kier alpha value is -0.830. The van der Waals surface area contributed by atoms with Gasteiger partial charge in [0, 0.05) is 19.4 Å². The maximum absolute atomic E-state index is 8.98. The van der Waals surface area contributed by atoms with E-state index < -0.39 is 0 Å². The second-order valence-electron chi connectivity index (χ2n) is 1.86. The largest absolute Gasteiger partial charge is 0.505 e. The molecule has 0 aliphatic carbocycles. The van der Waals surface area contributed by atoms with Crippen molar-refractivity contribution in [2.24, 2.45) is 7.05 Å². The predicted molar refractivity (Wildman–Crippen MR) is 37.9 cm³/mol. The summed E-state index contributed by atoms with van der Waals surface area (Å²) in [5, 5.41) is 8.98. The number of nitrogens with zero attached hydrogens (tertiary/aromatic N) is 1. The van der Waals surface area contributed by atoms with E-state index in [1.54, 1.807) is 23.0 Å². The first-order chi connectivity index (χ1) is 4.20. The van der Waals surface area contributed by atoms with Gasteiger partial charge in [-0.3, -0.25) is 0 Å². The first kappa shape index (κ1) is 6.29. The van der Waals surface area contributed by atoms with E-state index in [4.69, 9.17) is 17.3 Å². The van der Waals surface area contributed by atoms with Gasteiger partial charge >= 0.3 is 0 Å². The van der Waals surface area contributed by atoms with Crippen molar-refractivity contribution in [1.82, 2.24) is 4.57 Å². The summed E-state index contributed by atoms with van der Waals surface area (Å²) < 4.78 is 2.23. The lowest BCUT2D eigenvalue weighted by Gasteiger charge is -1.95. The van der Waals surface area contributed by atoms with Crippen LogP contribution in [0.25, 0.3) is 0 Å². The summed E-state index contributed by atoms with van der Waals surface area (Å²) in [6, 6.07) is 1.69. The van der Waals surface area contributed by atoms with E-state index in [-0.39, 0.29) is 5.75 Å². The smallest absolute Gasteiger partial charge is 0.149 e. The molecule has 0 saturated heterocycles.